The second-order valence-electron chi connectivity index (χ2n) is 5.53. The highest BCUT2D eigenvalue weighted by atomic mass is 35.5. The van der Waals surface area contributed by atoms with Crippen LogP contribution in [0.5, 0.6) is 0 Å². The van der Waals surface area contributed by atoms with Gasteiger partial charge in [0.15, 0.2) is 0 Å². The monoisotopic (exact) mass is 284 g/mol. The molecule has 0 radical (unpaired) electrons. The Morgan fingerprint density at radius 3 is 2.42 bits per heavy atom. The van der Waals surface area contributed by atoms with Crippen LogP contribution in [0.2, 0.25) is 5.02 Å². The number of nitrogens with zero attached hydrogens (tertiary/aromatic N) is 1. The topological polar surface area (TPSA) is 29.5 Å². The smallest absolute Gasteiger partial charge is 0.244 e. The molecule has 2 atom stereocenters. The molecule has 0 spiro atoms. The van der Waals surface area contributed by atoms with Gasteiger partial charge in [0.1, 0.15) is 19.2 Å². The third-order valence-corrected chi connectivity index (χ3v) is 4.48. The van der Waals surface area contributed by atoms with E-state index in [1.54, 1.807) is 12.1 Å². The molecule has 2 rings (SSSR count). The highest BCUT2D eigenvalue weighted by Gasteiger charge is 2.47. The summed E-state index contributed by atoms with van der Waals surface area (Å²) in [7, 11) is 0. The van der Waals surface area contributed by atoms with E-state index in [4.69, 9.17) is 16.3 Å². The summed E-state index contributed by atoms with van der Waals surface area (Å²) in [6.45, 7) is 9.90. The van der Waals surface area contributed by atoms with Crippen LogP contribution >= 0.6 is 11.6 Å². The normalized spacial score (nSPS) is 30.3. The maximum Gasteiger partial charge on any atom is 0.244 e. The van der Waals surface area contributed by atoms with Gasteiger partial charge in [-0.05, 0) is 32.9 Å². The standard InChI is InChI=1S/C15H23ClNO2/c1-4-17(5-2)10-12(3)19-15(18,11-17)13-6-8-14(16)9-7-13/h6-9,12,18H,4-5,10-11H2,1-3H3/q+1/t12-,15+/m0/s1. The fourth-order valence-electron chi connectivity index (χ4n) is 3.05. The molecule has 0 amide bonds. The number of hydrogen-bond acceptors (Lipinski definition) is 2. The van der Waals surface area contributed by atoms with Gasteiger partial charge >= 0.3 is 0 Å². The Labute approximate surface area is 120 Å². The molecule has 0 saturated carbocycles. The lowest BCUT2D eigenvalue weighted by Gasteiger charge is -2.49. The Kier molecular flexibility index (Phi) is 4.21. The van der Waals surface area contributed by atoms with Crippen molar-refractivity contribution in [3.8, 4) is 0 Å². The van der Waals surface area contributed by atoms with E-state index in [2.05, 4.69) is 13.8 Å². The zero-order valence-electron chi connectivity index (χ0n) is 11.9. The number of ether oxygens (including phenoxy) is 1. The largest absolute Gasteiger partial charge is 0.357 e. The van der Waals surface area contributed by atoms with Crippen LogP contribution < -0.4 is 0 Å². The Hall–Kier alpha value is -0.610. The third-order valence-electron chi connectivity index (χ3n) is 4.23. The summed E-state index contributed by atoms with van der Waals surface area (Å²) in [5.41, 5.74) is 0.785. The van der Waals surface area contributed by atoms with Crippen molar-refractivity contribution >= 4 is 11.6 Å². The second kappa shape index (κ2) is 5.41. The van der Waals surface area contributed by atoms with E-state index in [0.717, 1.165) is 29.7 Å². The Bertz CT molecular complexity index is 430. The average molecular weight is 285 g/mol. The van der Waals surface area contributed by atoms with Crippen molar-refractivity contribution in [1.29, 1.82) is 0 Å². The van der Waals surface area contributed by atoms with Gasteiger partial charge in [-0.3, -0.25) is 0 Å². The van der Waals surface area contributed by atoms with E-state index in [1.165, 1.54) is 0 Å². The van der Waals surface area contributed by atoms with E-state index in [-0.39, 0.29) is 6.10 Å². The summed E-state index contributed by atoms with van der Waals surface area (Å²) in [5.74, 6) is -1.21. The van der Waals surface area contributed by atoms with E-state index in [0.29, 0.717) is 11.6 Å². The molecular weight excluding hydrogens is 262 g/mol. The molecule has 19 heavy (non-hydrogen) atoms. The maximum atomic E-state index is 10.9. The molecule has 0 aromatic heterocycles. The van der Waals surface area contributed by atoms with Crippen molar-refractivity contribution in [1.82, 2.24) is 0 Å². The molecule has 1 aliphatic heterocycles. The molecule has 1 aliphatic rings. The number of quaternary nitrogens is 1. The Morgan fingerprint density at radius 2 is 1.89 bits per heavy atom. The fraction of sp³-hybridized carbons (Fsp3) is 0.600. The van der Waals surface area contributed by atoms with Gasteiger partial charge in [-0.1, -0.05) is 23.7 Å². The van der Waals surface area contributed by atoms with Crippen LogP contribution in [-0.2, 0) is 10.5 Å². The van der Waals surface area contributed by atoms with Crippen LogP contribution in [0.4, 0.5) is 0 Å². The lowest BCUT2D eigenvalue weighted by atomic mass is 10.0. The SMILES string of the molecule is CC[N+]1(CC)C[C@H](C)O[C@@](O)(c2ccc(Cl)cc2)C1. The molecule has 1 saturated heterocycles. The third kappa shape index (κ3) is 2.95. The minimum absolute atomic E-state index is 0.0364. The van der Waals surface area contributed by atoms with Crippen molar-refractivity contribution in [3.63, 3.8) is 0 Å². The minimum Gasteiger partial charge on any atom is -0.357 e. The summed E-state index contributed by atoms with van der Waals surface area (Å²) in [5, 5.41) is 11.6. The number of benzene rings is 1. The first-order valence-corrected chi connectivity index (χ1v) is 7.32. The van der Waals surface area contributed by atoms with Crippen molar-refractivity contribution in [2.24, 2.45) is 0 Å². The number of likely N-dealkylation sites (N-methyl/N-ethyl adjacent to an activating group) is 1. The molecule has 1 fully saturated rings. The van der Waals surface area contributed by atoms with Gasteiger partial charge in [-0.2, -0.15) is 0 Å². The number of rotatable bonds is 3. The summed E-state index contributed by atoms with van der Waals surface area (Å²) >= 11 is 5.91. The van der Waals surface area contributed by atoms with Gasteiger partial charge < -0.3 is 14.3 Å². The number of hydrogen-bond donors (Lipinski definition) is 1. The summed E-state index contributed by atoms with van der Waals surface area (Å²) in [6.07, 6.45) is 0.0364. The van der Waals surface area contributed by atoms with Gasteiger partial charge in [-0.25, -0.2) is 0 Å². The molecule has 1 heterocycles. The van der Waals surface area contributed by atoms with E-state index < -0.39 is 5.79 Å². The van der Waals surface area contributed by atoms with Crippen molar-refractivity contribution in [2.75, 3.05) is 26.2 Å². The van der Waals surface area contributed by atoms with E-state index in [9.17, 15) is 5.11 Å². The lowest BCUT2D eigenvalue weighted by Crippen LogP contribution is -2.64. The average Bonchev–Trinajstić information content (AvgIpc) is 2.38. The molecule has 3 nitrogen and oxygen atoms in total. The number of morpholine rings is 1. The first kappa shape index (κ1) is 14.8. The van der Waals surface area contributed by atoms with Gasteiger partial charge in [-0.15, -0.1) is 0 Å². The molecule has 0 aliphatic carbocycles. The minimum atomic E-state index is -1.21. The van der Waals surface area contributed by atoms with Crippen molar-refractivity contribution in [2.45, 2.75) is 32.7 Å². The van der Waals surface area contributed by atoms with Gasteiger partial charge in [0.2, 0.25) is 5.79 Å². The Balaban J connectivity index is 2.33. The van der Waals surface area contributed by atoms with Gasteiger partial charge in [0.05, 0.1) is 13.1 Å². The molecule has 4 heteroatoms. The van der Waals surface area contributed by atoms with Crippen molar-refractivity contribution < 1.29 is 14.3 Å². The van der Waals surface area contributed by atoms with Crippen LogP contribution in [0, 0.1) is 0 Å². The first-order chi connectivity index (χ1) is 8.93. The highest BCUT2D eigenvalue weighted by Crippen LogP contribution is 2.34. The van der Waals surface area contributed by atoms with Crippen LogP contribution in [0.25, 0.3) is 0 Å². The maximum absolute atomic E-state index is 10.9. The molecular formula is C15H23ClNO2+. The molecule has 1 aromatic carbocycles. The predicted molar refractivity (Wildman–Crippen MR) is 77.0 cm³/mol. The number of halogens is 1. The van der Waals surface area contributed by atoms with E-state index in [1.807, 2.05) is 19.1 Å². The lowest BCUT2D eigenvalue weighted by molar-refractivity contribution is -0.948. The molecule has 0 unspecified atom stereocenters. The zero-order chi connectivity index (χ0) is 14.1. The molecule has 1 N–H and O–H groups in total. The highest BCUT2D eigenvalue weighted by molar-refractivity contribution is 6.30. The van der Waals surface area contributed by atoms with Gasteiger partial charge in [0.25, 0.3) is 0 Å². The summed E-state index contributed by atoms with van der Waals surface area (Å²) < 4.78 is 6.73. The quantitative estimate of drug-likeness (QED) is 0.865. The summed E-state index contributed by atoms with van der Waals surface area (Å²) in [6, 6.07) is 7.29. The fourth-order valence-corrected chi connectivity index (χ4v) is 3.17. The van der Waals surface area contributed by atoms with Crippen LogP contribution in [0.15, 0.2) is 24.3 Å². The van der Waals surface area contributed by atoms with Crippen LogP contribution in [-0.4, -0.2) is 41.9 Å². The molecule has 0 bridgehead atoms. The number of aliphatic hydroxyl groups is 1. The van der Waals surface area contributed by atoms with Crippen molar-refractivity contribution in [3.05, 3.63) is 34.9 Å². The first-order valence-electron chi connectivity index (χ1n) is 6.94. The molecule has 1 aromatic rings. The second-order valence-corrected chi connectivity index (χ2v) is 5.97. The molecule has 106 valence electrons. The van der Waals surface area contributed by atoms with Gasteiger partial charge in [0, 0.05) is 10.6 Å². The van der Waals surface area contributed by atoms with Crippen LogP contribution in [0.1, 0.15) is 26.3 Å². The van der Waals surface area contributed by atoms with E-state index >= 15 is 0 Å². The summed E-state index contributed by atoms with van der Waals surface area (Å²) in [4.78, 5) is 0. The van der Waals surface area contributed by atoms with Crippen LogP contribution in [0.3, 0.4) is 0 Å². The predicted octanol–water partition coefficient (Wildman–Crippen LogP) is 2.76. The Morgan fingerprint density at radius 1 is 1.32 bits per heavy atom. The zero-order valence-corrected chi connectivity index (χ0v) is 12.7.